The van der Waals surface area contributed by atoms with Gasteiger partial charge >= 0.3 is 35.6 Å². The van der Waals surface area contributed by atoms with Crippen molar-refractivity contribution in [3.63, 3.8) is 0 Å². The molecule has 160 valence electrons. The Morgan fingerprint density at radius 1 is 0.938 bits per heavy atom. The van der Waals surface area contributed by atoms with E-state index in [9.17, 15) is 14.7 Å². The van der Waals surface area contributed by atoms with E-state index in [-0.39, 0.29) is 35.1 Å². The second-order valence-electron chi connectivity index (χ2n) is 7.04. The number of amides is 2. The van der Waals surface area contributed by atoms with Gasteiger partial charge in [-0.1, -0.05) is 6.07 Å². The number of aromatic carboxylic acids is 1. The first kappa shape index (κ1) is 24.2. The SMILES string of the molecule is O=C(Nc1cccc(-n2c(=S)[nH][nH]c2=S)c1)Nc1ccc(N2CCCC2)c(C(=O)[O-])c1.[Na+]. The zero-order valence-corrected chi connectivity index (χ0v) is 20.9. The molecule has 9 nitrogen and oxygen atoms in total. The van der Waals surface area contributed by atoms with E-state index < -0.39 is 12.0 Å². The fourth-order valence-corrected chi connectivity index (χ4v) is 4.13. The molecule has 0 aliphatic carbocycles. The number of aromatic amines is 2. The summed E-state index contributed by atoms with van der Waals surface area (Å²) in [5, 5.41) is 22.5. The van der Waals surface area contributed by atoms with E-state index in [1.165, 1.54) is 6.07 Å². The second kappa shape index (κ2) is 10.5. The van der Waals surface area contributed by atoms with Gasteiger partial charge in [0.05, 0.1) is 11.7 Å². The molecule has 1 saturated heterocycles. The Kier molecular flexibility index (Phi) is 7.91. The van der Waals surface area contributed by atoms with Crippen LogP contribution in [0.25, 0.3) is 5.69 Å². The van der Waals surface area contributed by atoms with Crippen LogP contribution < -0.4 is 50.2 Å². The maximum absolute atomic E-state index is 12.5. The molecule has 1 aromatic heterocycles. The summed E-state index contributed by atoms with van der Waals surface area (Å²) in [4.78, 5) is 26.1. The van der Waals surface area contributed by atoms with Gasteiger partial charge in [-0.25, -0.2) is 4.79 Å². The number of carbonyl (C=O) groups is 2. The number of urea groups is 1. The monoisotopic (exact) mass is 478 g/mol. The molecular formula is C20H19N6NaO3S2. The first-order valence-corrected chi connectivity index (χ1v) is 10.4. The fraction of sp³-hybridized carbons (Fsp3) is 0.200. The summed E-state index contributed by atoms with van der Waals surface area (Å²) in [6, 6.07) is 11.3. The minimum Gasteiger partial charge on any atom is -0.545 e. The molecule has 0 spiro atoms. The summed E-state index contributed by atoms with van der Waals surface area (Å²) >= 11 is 10.4. The summed E-state index contributed by atoms with van der Waals surface area (Å²) in [5.41, 5.74) is 2.21. The summed E-state index contributed by atoms with van der Waals surface area (Å²) in [5.74, 6) is -1.28. The second-order valence-corrected chi connectivity index (χ2v) is 7.81. The van der Waals surface area contributed by atoms with Crippen LogP contribution in [-0.2, 0) is 0 Å². The largest absolute Gasteiger partial charge is 1.00 e. The van der Waals surface area contributed by atoms with Crippen LogP contribution >= 0.6 is 24.4 Å². The van der Waals surface area contributed by atoms with Crippen molar-refractivity contribution in [2.45, 2.75) is 12.8 Å². The zero-order chi connectivity index (χ0) is 22.0. The molecule has 0 radical (unpaired) electrons. The molecular weight excluding hydrogens is 459 g/mol. The number of carboxylic acid groups (broad SMARTS) is 1. The molecule has 4 rings (SSSR count). The number of rotatable bonds is 5. The molecule has 0 unspecified atom stereocenters. The van der Waals surface area contributed by atoms with E-state index in [1.54, 1.807) is 41.0 Å². The Morgan fingerprint density at radius 3 is 2.19 bits per heavy atom. The normalized spacial score (nSPS) is 12.8. The zero-order valence-electron chi connectivity index (χ0n) is 17.3. The molecule has 2 heterocycles. The average Bonchev–Trinajstić information content (AvgIpc) is 3.38. The van der Waals surface area contributed by atoms with Gasteiger partial charge in [0.15, 0.2) is 9.54 Å². The molecule has 3 aromatic rings. The quantitative estimate of drug-likeness (QED) is 0.307. The Morgan fingerprint density at radius 2 is 1.56 bits per heavy atom. The number of benzene rings is 2. The maximum Gasteiger partial charge on any atom is 1.00 e. The van der Waals surface area contributed by atoms with E-state index in [4.69, 9.17) is 24.4 Å². The van der Waals surface area contributed by atoms with Crippen molar-refractivity contribution < 1.29 is 44.3 Å². The number of hydrogen-bond acceptors (Lipinski definition) is 6. The molecule has 32 heavy (non-hydrogen) atoms. The van der Waals surface area contributed by atoms with Crippen molar-refractivity contribution in [3.8, 4) is 5.69 Å². The van der Waals surface area contributed by atoms with Crippen LogP contribution in [0.3, 0.4) is 0 Å². The third-order valence-corrected chi connectivity index (χ3v) is 5.54. The molecule has 0 saturated carbocycles. The van der Waals surface area contributed by atoms with Gasteiger partial charge in [-0.05, 0) is 73.7 Å². The Hall–Kier alpha value is -2.44. The number of anilines is 3. The number of carbonyl (C=O) groups excluding carboxylic acids is 2. The number of nitrogens with one attached hydrogen (secondary N) is 4. The van der Waals surface area contributed by atoms with E-state index in [0.29, 0.717) is 32.3 Å². The van der Waals surface area contributed by atoms with Gasteiger partial charge in [-0.15, -0.1) is 0 Å². The van der Waals surface area contributed by atoms with E-state index >= 15 is 0 Å². The van der Waals surface area contributed by atoms with Crippen LogP contribution in [0.1, 0.15) is 23.2 Å². The number of nitrogens with zero attached hydrogens (tertiary/aromatic N) is 2. The number of hydrogen-bond donors (Lipinski definition) is 4. The average molecular weight is 479 g/mol. The van der Waals surface area contributed by atoms with E-state index in [2.05, 4.69) is 20.8 Å². The van der Waals surface area contributed by atoms with E-state index in [0.717, 1.165) is 25.9 Å². The minimum atomic E-state index is -1.28. The van der Waals surface area contributed by atoms with Crippen LogP contribution in [0.15, 0.2) is 42.5 Å². The van der Waals surface area contributed by atoms with Crippen molar-refractivity contribution in [1.82, 2.24) is 14.8 Å². The van der Waals surface area contributed by atoms with Crippen molar-refractivity contribution in [2.75, 3.05) is 28.6 Å². The Labute approximate surface area is 216 Å². The molecule has 12 heteroatoms. The maximum atomic E-state index is 12.5. The molecule has 1 aliphatic heterocycles. The smallest absolute Gasteiger partial charge is 0.545 e. The molecule has 4 N–H and O–H groups in total. The van der Waals surface area contributed by atoms with Crippen LogP contribution in [0.5, 0.6) is 0 Å². The van der Waals surface area contributed by atoms with Crippen LogP contribution in [-0.4, -0.2) is 39.9 Å². The molecule has 0 bridgehead atoms. The molecule has 0 atom stereocenters. The molecule has 2 aromatic carbocycles. The van der Waals surface area contributed by atoms with Gasteiger partial charge < -0.3 is 25.4 Å². The Bertz CT molecular complexity index is 1230. The fourth-order valence-electron chi connectivity index (χ4n) is 3.57. The van der Waals surface area contributed by atoms with E-state index in [1.807, 2.05) is 4.90 Å². The molecule has 1 fully saturated rings. The first-order valence-electron chi connectivity index (χ1n) is 9.61. The molecule has 2 amide bonds. The number of carboxylic acids is 1. The summed E-state index contributed by atoms with van der Waals surface area (Å²) in [6.07, 6.45) is 2.04. The standard InChI is InChI=1S/C20H20N6O3S2.Na/c27-17(28)15-11-13(6-7-16(15)25-8-1-2-9-25)22-18(29)21-12-4-3-5-14(10-12)26-19(30)23-24-20(26)31;/h3-7,10-11H,1-2,8-9H2,(H,23,30)(H,24,31)(H,27,28)(H2,21,22,29);/q;+1/p-1. The van der Waals surface area contributed by atoms with Crippen LogP contribution in [0, 0.1) is 9.54 Å². The van der Waals surface area contributed by atoms with Gasteiger partial charge in [0.2, 0.25) is 0 Å². The third kappa shape index (κ3) is 5.30. The molecule has 1 aliphatic rings. The topological polar surface area (TPSA) is 121 Å². The summed E-state index contributed by atoms with van der Waals surface area (Å²) in [6.45, 7) is 1.61. The van der Waals surface area contributed by atoms with Crippen LogP contribution in [0.2, 0.25) is 0 Å². The summed E-state index contributed by atoms with van der Waals surface area (Å²) < 4.78 is 2.43. The van der Waals surface area contributed by atoms with Gasteiger partial charge in [0.1, 0.15) is 0 Å². The predicted molar refractivity (Wildman–Crippen MR) is 121 cm³/mol. The van der Waals surface area contributed by atoms with Crippen molar-refractivity contribution >= 4 is 53.5 Å². The van der Waals surface area contributed by atoms with Crippen molar-refractivity contribution in [1.29, 1.82) is 0 Å². The predicted octanol–water partition coefficient (Wildman–Crippen LogP) is 0.204. The van der Waals surface area contributed by atoms with Crippen molar-refractivity contribution in [3.05, 3.63) is 57.6 Å². The first-order chi connectivity index (χ1) is 14.9. The van der Waals surface area contributed by atoms with Gasteiger partial charge in [-0.3, -0.25) is 14.8 Å². The van der Waals surface area contributed by atoms with Crippen LogP contribution in [0.4, 0.5) is 21.9 Å². The number of H-pyrrole nitrogens is 2. The number of aromatic nitrogens is 3. The minimum absolute atomic E-state index is 0. The summed E-state index contributed by atoms with van der Waals surface area (Å²) in [7, 11) is 0. The van der Waals surface area contributed by atoms with Crippen molar-refractivity contribution in [2.24, 2.45) is 0 Å². The van der Waals surface area contributed by atoms with Gasteiger partial charge in [0, 0.05) is 35.7 Å². The van der Waals surface area contributed by atoms with Gasteiger partial charge in [0.25, 0.3) is 0 Å². The Balaban J connectivity index is 0.00000289. The van der Waals surface area contributed by atoms with Gasteiger partial charge in [-0.2, -0.15) is 0 Å². The third-order valence-electron chi connectivity index (χ3n) is 4.97.